The van der Waals surface area contributed by atoms with E-state index in [-0.39, 0.29) is 5.91 Å². The van der Waals surface area contributed by atoms with Crippen molar-refractivity contribution in [1.82, 2.24) is 14.8 Å². The van der Waals surface area contributed by atoms with E-state index in [1.54, 1.807) is 16.9 Å². The third-order valence-electron chi connectivity index (χ3n) is 3.59. The average molecular weight is 400 g/mol. The topological polar surface area (TPSA) is 63.1 Å². The van der Waals surface area contributed by atoms with E-state index in [0.717, 1.165) is 21.7 Å². The van der Waals surface area contributed by atoms with Crippen molar-refractivity contribution >= 4 is 33.5 Å². The molecular weight excluding hydrogens is 382 g/mol. The number of nitrogens with zero attached hydrogens (tertiary/aromatic N) is 4. The summed E-state index contributed by atoms with van der Waals surface area (Å²) in [7, 11) is 3.81. The number of hydrogen-bond donors (Lipinski definition) is 1. The molecule has 0 saturated carbocycles. The minimum Gasteiger partial charge on any atom is -0.363 e. The van der Waals surface area contributed by atoms with Gasteiger partial charge in [-0.05, 0) is 37.3 Å². The van der Waals surface area contributed by atoms with Crippen molar-refractivity contribution in [1.29, 1.82) is 0 Å². The summed E-state index contributed by atoms with van der Waals surface area (Å²) < 4.78 is 2.65. The van der Waals surface area contributed by atoms with Crippen LogP contribution in [0.25, 0.3) is 5.69 Å². The lowest BCUT2D eigenvalue weighted by Gasteiger charge is -2.12. The number of benzene rings is 1. The van der Waals surface area contributed by atoms with Crippen LogP contribution in [0.2, 0.25) is 0 Å². The summed E-state index contributed by atoms with van der Waals surface area (Å²) in [5, 5.41) is 7.37. The van der Waals surface area contributed by atoms with Crippen molar-refractivity contribution < 1.29 is 4.79 Å². The molecule has 3 aromatic rings. The van der Waals surface area contributed by atoms with Gasteiger partial charge in [0, 0.05) is 30.8 Å². The molecule has 25 heavy (non-hydrogen) atoms. The normalized spacial score (nSPS) is 10.6. The first-order valence-electron chi connectivity index (χ1n) is 7.71. The third-order valence-corrected chi connectivity index (χ3v) is 4.09. The summed E-state index contributed by atoms with van der Waals surface area (Å²) in [5.74, 6) is 1.18. The van der Waals surface area contributed by atoms with Gasteiger partial charge in [-0.2, -0.15) is 5.10 Å². The van der Waals surface area contributed by atoms with Crippen LogP contribution in [-0.2, 0) is 0 Å². The lowest BCUT2D eigenvalue weighted by atomic mass is 10.2. The Bertz CT molecular complexity index is 902. The number of anilines is 2. The molecule has 2 heterocycles. The second kappa shape index (κ2) is 7.06. The molecule has 128 valence electrons. The Labute approximate surface area is 154 Å². The summed E-state index contributed by atoms with van der Waals surface area (Å²) in [6.45, 7) is 1.89. The van der Waals surface area contributed by atoms with Gasteiger partial charge in [0.05, 0.1) is 16.9 Å². The molecule has 0 spiro atoms. The Morgan fingerprint density at radius 3 is 2.64 bits per heavy atom. The van der Waals surface area contributed by atoms with Gasteiger partial charge in [0.2, 0.25) is 0 Å². The number of amides is 1. The van der Waals surface area contributed by atoms with Crippen molar-refractivity contribution in [2.45, 2.75) is 6.92 Å². The van der Waals surface area contributed by atoms with Gasteiger partial charge in [-0.15, -0.1) is 0 Å². The van der Waals surface area contributed by atoms with Crippen LogP contribution < -0.4 is 10.2 Å². The SMILES string of the molecule is Cc1cc(NC(=O)c2ccc(N(C)C)nc2)n(-c2cccc(Br)c2)n1. The fourth-order valence-electron chi connectivity index (χ4n) is 2.37. The molecule has 0 aliphatic carbocycles. The molecular formula is C18H18BrN5O. The number of pyridine rings is 1. The maximum atomic E-state index is 12.5. The molecule has 0 radical (unpaired) electrons. The predicted molar refractivity (Wildman–Crippen MR) is 103 cm³/mol. The molecule has 0 aliphatic rings. The monoisotopic (exact) mass is 399 g/mol. The van der Waals surface area contributed by atoms with E-state index in [0.29, 0.717) is 11.4 Å². The predicted octanol–water partition coefficient (Wildman–Crippen LogP) is 3.66. The van der Waals surface area contributed by atoms with Crippen LogP contribution in [0.4, 0.5) is 11.6 Å². The molecule has 0 aliphatic heterocycles. The Hall–Kier alpha value is -2.67. The molecule has 1 N–H and O–H groups in total. The van der Waals surface area contributed by atoms with Crippen molar-refractivity contribution in [3.05, 3.63) is 64.4 Å². The Balaban J connectivity index is 1.87. The zero-order valence-electron chi connectivity index (χ0n) is 14.2. The van der Waals surface area contributed by atoms with E-state index >= 15 is 0 Å². The standard InChI is InChI=1S/C18H18BrN5O/c1-12-9-17(24(22-12)15-6-4-5-14(19)10-15)21-18(25)13-7-8-16(20-11-13)23(2)3/h4-11H,1-3H3,(H,21,25). The fourth-order valence-corrected chi connectivity index (χ4v) is 2.75. The lowest BCUT2D eigenvalue weighted by molar-refractivity contribution is 0.102. The second-order valence-corrected chi connectivity index (χ2v) is 6.73. The highest BCUT2D eigenvalue weighted by molar-refractivity contribution is 9.10. The van der Waals surface area contributed by atoms with Crippen molar-refractivity contribution in [2.75, 3.05) is 24.3 Å². The van der Waals surface area contributed by atoms with Crippen molar-refractivity contribution in [3.8, 4) is 5.69 Å². The van der Waals surface area contributed by atoms with Crippen LogP contribution in [0.3, 0.4) is 0 Å². The summed E-state index contributed by atoms with van der Waals surface area (Å²) >= 11 is 3.46. The molecule has 0 bridgehead atoms. The number of carbonyl (C=O) groups excluding carboxylic acids is 1. The molecule has 1 amide bonds. The number of aryl methyl sites for hydroxylation is 1. The molecule has 2 aromatic heterocycles. The molecule has 3 rings (SSSR count). The molecule has 0 atom stereocenters. The van der Waals surface area contributed by atoms with Gasteiger partial charge in [-0.1, -0.05) is 22.0 Å². The maximum Gasteiger partial charge on any atom is 0.258 e. The van der Waals surface area contributed by atoms with Crippen LogP contribution in [0.1, 0.15) is 16.1 Å². The van der Waals surface area contributed by atoms with E-state index in [1.165, 1.54) is 0 Å². The van der Waals surface area contributed by atoms with Gasteiger partial charge in [0.1, 0.15) is 11.6 Å². The minimum absolute atomic E-state index is 0.228. The number of hydrogen-bond acceptors (Lipinski definition) is 4. The van der Waals surface area contributed by atoms with Gasteiger partial charge < -0.3 is 10.2 Å². The second-order valence-electron chi connectivity index (χ2n) is 5.82. The first-order valence-corrected chi connectivity index (χ1v) is 8.50. The number of nitrogens with one attached hydrogen (secondary N) is 1. The summed E-state index contributed by atoms with van der Waals surface area (Å²) in [6.07, 6.45) is 1.57. The van der Waals surface area contributed by atoms with Gasteiger partial charge in [0.15, 0.2) is 0 Å². The van der Waals surface area contributed by atoms with Crippen LogP contribution in [0, 0.1) is 6.92 Å². The lowest BCUT2D eigenvalue weighted by Crippen LogP contribution is -2.16. The number of aromatic nitrogens is 3. The van der Waals surface area contributed by atoms with Crippen molar-refractivity contribution in [3.63, 3.8) is 0 Å². The zero-order valence-corrected chi connectivity index (χ0v) is 15.8. The van der Waals surface area contributed by atoms with Crippen molar-refractivity contribution in [2.24, 2.45) is 0 Å². The zero-order chi connectivity index (χ0) is 18.0. The first-order chi connectivity index (χ1) is 11.9. The highest BCUT2D eigenvalue weighted by Crippen LogP contribution is 2.21. The van der Waals surface area contributed by atoms with E-state index in [4.69, 9.17) is 0 Å². The molecule has 1 aromatic carbocycles. The summed E-state index contributed by atoms with van der Waals surface area (Å²) in [4.78, 5) is 18.7. The van der Waals surface area contributed by atoms with Gasteiger partial charge in [-0.25, -0.2) is 9.67 Å². The minimum atomic E-state index is -0.228. The third kappa shape index (κ3) is 3.88. The van der Waals surface area contributed by atoms with E-state index in [2.05, 4.69) is 31.3 Å². The Morgan fingerprint density at radius 2 is 2.00 bits per heavy atom. The Morgan fingerprint density at radius 1 is 1.20 bits per heavy atom. The largest absolute Gasteiger partial charge is 0.363 e. The highest BCUT2D eigenvalue weighted by Gasteiger charge is 2.13. The van der Waals surface area contributed by atoms with Crippen LogP contribution >= 0.6 is 15.9 Å². The van der Waals surface area contributed by atoms with Crippen LogP contribution in [0.5, 0.6) is 0 Å². The van der Waals surface area contributed by atoms with E-state index in [1.807, 2.05) is 62.3 Å². The molecule has 0 fully saturated rings. The number of carbonyl (C=O) groups is 1. The summed E-state index contributed by atoms with van der Waals surface area (Å²) in [6, 6.07) is 13.1. The van der Waals surface area contributed by atoms with Crippen LogP contribution in [0.15, 0.2) is 53.1 Å². The number of rotatable bonds is 4. The Kier molecular flexibility index (Phi) is 4.85. The smallest absolute Gasteiger partial charge is 0.258 e. The first kappa shape index (κ1) is 17.2. The van der Waals surface area contributed by atoms with Gasteiger partial charge >= 0.3 is 0 Å². The van der Waals surface area contributed by atoms with Crippen LogP contribution in [-0.4, -0.2) is 34.8 Å². The highest BCUT2D eigenvalue weighted by atomic mass is 79.9. The fraction of sp³-hybridized carbons (Fsp3) is 0.167. The molecule has 0 saturated heterocycles. The quantitative estimate of drug-likeness (QED) is 0.726. The molecule has 6 nitrogen and oxygen atoms in total. The maximum absolute atomic E-state index is 12.5. The molecule has 7 heteroatoms. The summed E-state index contributed by atoms with van der Waals surface area (Å²) in [5.41, 5.74) is 2.17. The van der Waals surface area contributed by atoms with Gasteiger partial charge in [-0.3, -0.25) is 4.79 Å². The molecule has 0 unspecified atom stereocenters. The number of halogens is 1. The van der Waals surface area contributed by atoms with E-state index < -0.39 is 0 Å². The van der Waals surface area contributed by atoms with E-state index in [9.17, 15) is 4.79 Å². The van der Waals surface area contributed by atoms with Gasteiger partial charge in [0.25, 0.3) is 5.91 Å². The average Bonchev–Trinajstić information content (AvgIpc) is 2.95.